The summed E-state index contributed by atoms with van der Waals surface area (Å²) in [4.78, 5) is 24.1. The van der Waals surface area contributed by atoms with E-state index in [4.69, 9.17) is 5.11 Å². The van der Waals surface area contributed by atoms with Crippen LogP contribution in [0.3, 0.4) is 0 Å². The van der Waals surface area contributed by atoms with Crippen molar-refractivity contribution in [2.75, 3.05) is 40.8 Å². The van der Waals surface area contributed by atoms with Crippen LogP contribution >= 0.6 is 0 Å². The third-order valence-electron chi connectivity index (χ3n) is 5.73. The lowest BCUT2D eigenvalue weighted by atomic mass is 10.0. The zero-order valence-electron chi connectivity index (χ0n) is 19.9. The third kappa shape index (κ3) is 18.7. The van der Waals surface area contributed by atoms with Gasteiger partial charge in [-0.2, -0.15) is 0 Å². The number of nitrogens with zero attached hydrogens (tertiary/aromatic N) is 2. The van der Waals surface area contributed by atoms with Crippen molar-refractivity contribution in [3.8, 4) is 0 Å². The van der Waals surface area contributed by atoms with Crippen molar-refractivity contribution in [1.82, 2.24) is 4.90 Å². The van der Waals surface area contributed by atoms with Gasteiger partial charge in [0, 0.05) is 7.05 Å². The first-order valence-electron chi connectivity index (χ1n) is 12.1. The van der Waals surface area contributed by atoms with Gasteiger partial charge in [0.05, 0.1) is 20.6 Å². The molecule has 0 saturated heterocycles. The van der Waals surface area contributed by atoms with E-state index < -0.39 is 5.97 Å². The zero-order chi connectivity index (χ0) is 22.0. The van der Waals surface area contributed by atoms with Crippen LogP contribution in [-0.4, -0.2) is 67.1 Å². The van der Waals surface area contributed by atoms with Gasteiger partial charge in [-0.25, -0.2) is 0 Å². The number of carbonyl (C=O) groups excluding carboxylic acids is 1. The summed E-state index contributed by atoms with van der Waals surface area (Å²) in [6.45, 7) is 3.37. The van der Waals surface area contributed by atoms with Crippen molar-refractivity contribution >= 4 is 11.9 Å². The molecule has 1 N–H and O–H groups in total. The fourth-order valence-electron chi connectivity index (χ4n) is 3.77. The number of hydrogen-bond donors (Lipinski definition) is 1. The van der Waals surface area contributed by atoms with E-state index in [9.17, 15) is 9.59 Å². The van der Waals surface area contributed by atoms with Crippen LogP contribution in [-0.2, 0) is 9.59 Å². The molecule has 0 aromatic rings. The Morgan fingerprint density at radius 3 is 1.48 bits per heavy atom. The predicted octanol–water partition coefficient (Wildman–Crippen LogP) is 5.48. The van der Waals surface area contributed by atoms with Crippen LogP contribution in [0.4, 0.5) is 0 Å². The number of amides is 1. The standard InChI is InChI=1S/C24H48N2O3/c1-5-6-7-8-9-10-11-12-13-14-15-16-17-18-19-20-26(3,4)22-23(27)25(2)21-24(28)29/h5-22H2,1-4H3/p+1. The van der Waals surface area contributed by atoms with Gasteiger partial charge in [0.2, 0.25) is 0 Å². The van der Waals surface area contributed by atoms with E-state index in [0.717, 1.165) is 13.0 Å². The lowest BCUT2D eigenvalue weighted by molar-refractivity contribution is -0.882. The van der Waals surface area contributed by atoms with Crippen molar-refractivity contribution in [1.29, 1.82) is 0 Å². The minimum Gasteiger partial charge on any atom is -0.480 e. The van der Waals surface area contributed by atoms with Crippen LogP contribution in [0, 0.1) is 0 Å². The molecule has 0 aliphatic rings. The minimum absolute atomic E-state index is 0.0987. The second kappa shape index (κ2) is 17.7. The molecule has 0 atom stereocenters. The van der Waals surface area contributed by atoms with Gasteiger partial charge < -0.3 is 14.5 Å². The van der Waals surface area contributed by atoms with Crippen molar-refractivity contribution in [2.24, 2.45) is 0 Å². The summed E-state index contributed by atoms with van der Waals surface area (Å²) in [6, 6.07) is 0. The Morgan fingerprint density at radius 1 is 0.724 bits per heavy atom. The molecule has 5 nitrogen and oxygen atoms in total. The van der Waals surface area contributed by atoms with Crippen molar-refractivity contribution in [2.45, 2.75) is 103 Å². The average Bonchev–Trinajstić information content (AvgIpc) is 2.64. The molecule has 0 bridgehead atoms. The van der Waals surface area contributed by atoms with E-state index in [-0.39, 0.29) is 12.5 Å². The van der Waals surface area contributed by atoms with E-state index in [1.54, 1.807) is 7.05 Å². The van der Waals surface area contributed by atoms with Gasteiger partial charge in [0.15, 0.2) is 6.54 Å². The van der Waals surface area contributed by atoms with Crippen LogP contribution in [0.5, 0.6) is 0 Å². The quantitative estimate of drug-likeness (QED) is 0.212. The molecule has 0 aliphatic heterocycles. The van der Waals surface area contributed by atoms with Gasteiger partial charge in [-0.3, -0.25) is 9.59 Å². The maximum Gasteiger partial charge on any atom is 0.323 e. The van der Waals surface area contributed by atoms with E-state index in [1.165, 1.54) is 94.8 Å². The summed E-state index contributed by atoms with van der Waals surface area (Å²) in [5.41, 5.74) is 0. The number of carboxylic acid groups (broad SMARTS) is 1. The number of rotatable bonds is 20. The fourth-order valence-corrected chi connectivity index (χ4v) is 3.77. The van der Waals surface area contributed by atoms with Gasteiger partial charge in [0.1, 0.15) is 6.54 Å². The van der Waals surface area contributed by atoms with Gasteiger partial charge in [-0.05, 0) is 12.8 Å². The summed E-state index contributed by atoms with van der Waals surface area (Å²) >= 11 is 0. The largest absolute Gasteiger partial charge is 0.480 e. The van der Waals surface area contributed by atoms with E-state index in [0.29, 0.717) is 11.0 Å². The van der Waals surface area contributed by atoms with Crippen LogP contribution in [0.25, 0.3) is 0 Å². The number of carbonyl (C=O) groups is 2. The second-order valence-corrected chi connectivity index (χ2v) is 9.41. The number of aliphatic carboxylic acids is 1. The van der Waals surface area contributed by atoms with Crippen LogP contribution in [0.2, 0.25) is 0 Å². The lowest BCUT2D eigenvalue weighted by Gasteiger charge is -2.30. The van der Waals surface area contributed by atoms with Crippen LogP contribution in [0.1, 0.15) is 103 Å². The first kappa shape index (κ1) is 27.9. The Bertz CT molecular complexity index is 424. The highest BCUT2D eigenvalue weighted by atomic mass is 16.4. The number of likely N-dealkylation sites (N-methyl/N-ethyl adjacent to an activating group) is 2. The normalized spacial score (nSPS) is 11.6. The molecule has 0 fully saturated rings. The molecular weight excluding hydrogens is 364 g/mol. The molecule has 0 aromatic heterocycles. The summed E-state index contributed by atoms with van der Waals surface area (Å²) in [5.74, 6) is -1.06. The molecule has 0 heterocycles. The topological polar surface area (TPSA) is 57.6 Å². The summed E-state index contributed by atoms with van der Waals surface area (Å²) in [7, 11) is 5.66. The molecule has 0 aromatic carbocycles. The molecule has 0 radical (unpaired) electrons. The summed E-state index contributed by atoms with van der Waals surface area (Å²) in [5, 5.41) is 8.78. The van der Waals surface area contributed by atoms with Crippen molar-refractivity contribution in [3.05, 3.63) is 0 Å². The first-order valence-corrected chi connectivity index (χ1v) is 12.1. The lowest BCUT2D eigenvalue weighted by Crippen LogP contribution is -2.49. The van der Waals surface area contributed by atoms with Gasteiger partial charge in [-0.1, -0.05) is 90.4 Å². The van der Waals surface area contributed by atoms with Gasteiger partial charge in [0.25, 0.3) is 5.91 Å². The molecule has 5 heteroatoms. The molecule has 0 rings (SSSR count). The highest BCUT2D eigenvalue weighted by Crippen LogP contribution is 2.14. The van der Waals surface area contributed by atoms with E-state index in [2.05, 4.69) is 21.0 Å². The molecule has 0 unspecified atom stereocenters. The highest BCUT2D eigenvalue weighted by Gasteiger charge is 2.23. The molecule has 172 valence electrons. The number of hydrogen-bond acceptors (Lipinski definition) is 2. The molecule has 0 saturated carbocycles. The van der Waals surface area contributed by atoms with Crippen LogP contribution < -0.4 is 0 Å². The molecule has 0 spiro atoms. The Morgan fingerprint density at radius 2 is 1.10 bits per heavy atom. The van der Waals surface area contributed by atoms with E-state index >= 15 is 0 Å². The fraction of sp³-hybridized carbons (Fsp3) is 0.917. The summed E-state index contributed by atoms with van der Waals surface area (Å²) < 4.78 is 0.626. The van der Waals surface area contributed by atoms with Gasteiger partial charge >= 0.3 is 5.97 Å². The molecule has 1 amide bonds. The molecule has 29 heavy (non-hydrogen) atoms. The predicted molar refractivity (Wildman–Crippen MR) is 122 cm³/mol. The molecule has 0 aliphatic carbocycles. The third-order valence-corrected chi connectivity index (χ3v) is 5.73. The van der Waals surface area contributed by atoms with Crippen molar-refractivity contribution < 1.29 is 19.2 Å². The number of carboxylic acids is 1. The SMILES string of the molecule is CCCCCCCCCCCCCCCCC[N+](C)(C)CC(=O)N(C)CC(=O)O. The number of unbranched alkanes of at least 4 members (excludes halogenated alkanes) is 14. The maximum atomic E-state index is 12.1. The minimum atomic E-state index is -0.964. The zero-order valence-corrected chi connectivity index (χ0v) is 19.9. The summed E-state index contributed by atoms with van der Waals surface area (Å²) in [6.07, 6.45) is 20.3. The second-order valence-electron chi connectivity index (χ2n) is 9.41. The Hall–Kier alpha value is -1.10. The monoisotopic (exact) mass is 413 g/mol. The Balaban J connectivity index is 3.50. The van der Waals surface area contributed by atoms with E-state index in [1.807, 2.05) is 0 Å². The Labute approximate surface area is 180 Å². The smallest absolute Gasteiger partial charge is 0.323 e. The van der Waals surface area contributed by atoms with Crippen LogP contribution in [0.15, 0.2) is 0 Å². The first-order chi connectivity index (χ1) is 13.8. The van der Waals surface area contributed by atoms with Gasteiger partial charge in [-0.15, -0.1) is 0 Å². The maximum absolute atomic E-state index is 12.1. The average molecular weight is 414 g/mol. The highest BCUT2D eigenvalue weighted by molar-refractivity contribution is 5.81. The Kier molecular flexibility index (Phi) is 17.1. The van der Waals surface area contributed by atoms with Crippen molar-refractivity contribution in [3.63, 3.8) is 0 Å². The number of quaternary nitrogens is 1. The molecular formula is C24H49N2O3+.